The molecule has 0 heterocycles. The summed E-state index contributed by atoms with van der Waals surface area (Å²) < 4.78 is 0. The van der Waals surface area contributed by atoms with Gasteiger partial charge in [-0.15, -0.1) is 0 Å². The van der Waals surface area contributed by atoms with E-state index in [0.717, 1.165) is 25.7 Å². The second-order valence-electron chi connectivity index (χ2n) is 18.1. The molecule has 0 aliphatic heterocycles. The molecule has 0 radical (unpaired) electrons. The van der Waals surface area contributed by atoms with E-state index in [-0.39, 0.29) is 18.9 Å². The van der Waals surface area contributed by atoms with Crippen LogP contribution in [-0.4, -0.2) is 46.1 Å². The van der Waals surface area contributed by atoms with Crippen LogP contribution in [0.15, 0.2) is 12.2 Å². The summed E-state index contributed by atoms with van der Waals surface area (Å²) >= 11 is 0. The van der Waals surface area contributed by atoms with E-state index >= 15 is 0 Å². The van der Waals surface area contributed by atoms with Gasteiger partial charge >= 0.3 is 0 Å². The maximum Gasteiger partial charge on any atom is 0.222 e. The molecule has 5 heteroatoms. The Hall–Kier alpha value is -0.910. The number of carbonyl (C=O) groups excluding carboxylic acids is 1. The van der Waals surface area contributed by atoms with Crippen molar-refractivity contribution in [2.75, 3.05) is 6.61 Å². The van der Waals surface area contributed by atoms with Gasteiger partial charge in [-0.05, 0) is 38.5 Å². The van der Waals surface area contributed by atoms with Crippen molar-refractivity contribution in [3.8, 4) is 0 Å². The average Bonchev–Trinajstić information content (AvgIpc) is 3.20. The van der Waals surface area contributed by atoms with Crippen molar-refractivity contribution in [1.29, 1.82) is 0 Å². The van der Waals surface area contributed by atoms with E-state index in [2.05, 4.69) is 31.3 Å². The first kappa shape index (κ1) is 56.1. The van der Waals surface area contributed by atoms with Crippen LogP contribution in [-0.2, 0) is 4.79 Å². The van der Waals surface area contributed by atoms with Crippen LogP contribution in [0.4, 0.5) is 0 Å². The van der Waals surface area contributed by atoms with Crippen LogP contribution in [0.5, 0.6) is 0 Å². The molecule has 1 amide bonds. The number of aliphatic hydroxyl groups is 3. The molecule has 340 valence electrons. The second-order valence-corrected chi connectivity index (χ2v) is 18.1. The minimum atomic E-state index is -0.744. The molecular formula is C52H103NO4. The molecule has 0 aliphatic carbocycles. The third-order valence-electron chi connectivity index (χ3n) is 12.3. The van der Waals surface area contributed by atoms with Crippen LogP contribution in [0.2, 0.25) is 0 Å². The molecular weight excluding hydrogens is 703 g/mol. The van der Waals surface area contributed by atoms with Gasteiger partial charge in [0, 0.05) is 0 Å². The van der Waals surface area contributed by atoms with E-state index in [1.54, 1.807) is 0 Å². The molecule has 4 N–H and O–H groups in total. The van der Waals surface area contributed by atoms with Gasteiger partial charge < -0.3 is 20.6 Å². The highest BCUT2D eigenvalue weighted by Gasteiger charge is 2.21. The zero-order valence-corrected chi connectivity index (χ0v) is 38.7. The first-order valence-electron chi connectivity index (χ1n) is 26.0. The molecule has 3 atom stereocenters. The molecule has 0 aromatic carbocycles. The topological polar surface area (TPSA) is 89.8 Å². The van der Waals surface area contributed by atoms with E-state index in [1.165, 1.54) is 231 Å². The Morgan fingerprint density at radius 3 is 1.02 bits per heavy atom. The van der Waals surface area contributed by atoms with Crippen molar-refractivity contribution >= 4 is 5.91 Å². The first-order valence-corrected chi connectivity index (χ1v) is 26.0. The summed E-state index contributed by atoms with van der Waals surface area (Å²) in [6.07, 6.45) is 58.0. The van der Waals surface area contributed by atoms with Gasteiger partial charge in [0.2, 0.25) is 5.91 Å². The van der Waals surface area contributed by atoms with Gasteiger partial charge in [-0.1, -0.05) is 257 Å². The minimum Gasteiger partial charge on any atom is -0.394 e. The molecule has 0 aromatic heterocycles. The Balaban J connectivity index is 3.45. The predicted octanol–water partition coefficient (Wildman–Crippen LogP) is 15.6. The van der Waals surface area contributed by atoms with Gasteiger partial charge in [0.25, 0.3) is 0 Å². The van der Waals surface area contributed by atoms with E-state index in [9.17, 15) is 20.1 Å². The summed E-state index contributed by atoms with van der Waals surface area (Å²) in [5.41, 5.74) is 0. The first-order chi connectivity index (χ1) is 28.0. The van der Waals surface area contributed by atoms with Gasteiger partial charge in [-0.25, -0.2) is 0 Å². The number of unbranched alkanes of at least 4 members (excludes halogenated alkanes) is 37. The summed E-state index contributed by atoms with van der Waals surface area (Å²) in [6, 6.07) is -0.654. The largest absolute Gasteiger partial charge is 0.394 e. The third kappa shape index (κ3) is 44.5. The lowest BCUT2D eigenvalue weighted by molar-refractivity contribution is -0.125. The molecule has 0 aliphatic rings. The lowest BCUT2D eigenvalue weighted by atomic mass is 10.0. The van der Waals surface area contributed by atoms with E-state index < -0.39 is 18.2 Å². The fourth-order valence-electron chi connectivity index (χ4n) is 8.34. The number of nitrogens with one attached hydrogen (secondary N) is 1. The predicted molar refractivity (Wildman–Crippen MR) is 250 cm³/mol. The summed E-state index contributed by atoms with van der Waals surface area (Å²) in [7, 11) is 0. The van der Waals surface area contributed by atoms with Crippen LogP contribution in [0.3, 0.4) is 0 Å². The normalized spacial score (nSPS) is 13.4. The average molecular weight is 806 g/mol. The van der Waals surface area contributed by atoms with Crippen LogP contribution in [0.25, 0.3) is 0 Å². The number of hydrogen-bond acceptors (Lipinski definition) is 4. The van der Waals surface area contributed by atoms with Crippen LogP contribution in [0.1, 0.15) is 290 Å². The van der Waals surface area contributed by atoms with Gasteiger partial charge in [-0.3, -0.25) is 4.79 Å². The molecule has 0 bridgehead atoms. The molecule has 0 fully saturated rings. The van der Waals surface area contributed by atoms with Gasteiger partial charge in [0.05, 0.1) is 31.3 Å². The fourth-order valence-corrected chi connectivity index (χ4v) is 8.34. The van der Waals surface area contributed by atoms with Gasteiger partial charge in [0.15, 0.2) is 0 Å². The molecule has 3 unspecified atom stereocenters. The highest BCUT2D eigenvalue weighted by molar-refractivity contribution is 5.76. The quantitative estimate of drug-likeness (QED) is 0.0364. The number of hydrogen-bond donors (Lipinski definition) is 4. The van der Waals surface area contributed by atoms with Crippen molar-refractivity contribution in [3.63, 3.8) is 0 Å². The smallest absolute Gasteiger partial charge is 0.222 e. The molecule has 57 heavy (non-hydrogen) atoms. The van der Waals surface area contributed by atoms with Crippen LogP contribution in [0, 0.1) is 0 Å². The third-order valence-corrected chi connectivity index (χ3v) is 12.3. The summed E-state index contributed by atoms with van der Waals surface area (Å²) in [4.78, 5) is 12.5. The van der Waals surface area contributed by atoms with Crippen molar-refractivity contribution in [3.05, 3.63) is 12.2 Å². The van der Waals surface area contributed by atoms with Crippen LogP contribution < -0.4 is 5.32 Å². The monoisotopic (exact) mass is 806 g/mol. The highest BCUT2D eigenvalue weighted by Crippen LogP contribution is 2.17. The highest BCUT2D eigenvalue weighted by atomic mass is 16.3. The molecule has 5 nitrogen and oxygen atoms in total. The molecule has 0 aromatic rings. The van der Waals surface area contributed by atoms with E-state index in [0.29, 0.717) is 12.8 Å². The number of rotatable bonds is 48. The Bertz CT molecular complexity index is 803. The Morgan fingerprint density at radius 2 is 0.702 bits per heavy atom. The Labute approximate surface area is 357 Å². The van der Waals surface area contributed by atoms with Crippen molar-refractivity contribution in [2.24, 2.45) is 0 Å². The maximum absolute atomic E-state index is 12.5. The second kappa shape index (κ2) is 47.8. The van der Waals surface area contributed by atoms with E-state index in [4.69, 9.17) is 0 Å². The van der Waals surface area contributed by atoms with Crippen molar-refractivity contribution in [2.45, 2.75) is 308 Å². The zero-order chi connectivity index (χ0) is 41.5. The Kier molecular flexibility index (Phi) is 47.0. The number of amides is 1. The Morgan fingerprint density at radius 1 is 0.421 bits per heavy atom. The number of allylic oxidation sites excluding steroid dienone is 2. The number of aliphatic hydroxyl groups excluding tert-OH is 3. The summed E-state index contributed by atoms with van der Waals surface area (Å²) in [5, 5.41) is 33.4. The van der Waals surface area contributed by atoms with Gasteiger partial charge in [-0.2, -0.15) is 0 Å². The molecule has 0 spiro atoms. The fraction of sp³-hybridized carbons (Fsp3) is 0.942. The SMILES string of the molecule is CCCCCCCCCCCCCC/C=C\CCCCCCCCCCCCCCCCCC(O)CC(=O)NC(CO)C(O)CCCCCCCCCCCCC. The zero-order valence-electron chi connectivity index (χ0n) is 38.7. The minimum absolute atomic E-state index is 0.0405. The van der Waals surface area contributed by atoms with Gasteiger partial charge in [0.1, 0.15) is 0 Å². The summed E-state index contributed by atoms with van der Waals surface area (Å²) in [6.45, 7) is 4.27. The molecule has 0 saturated heterocycles. The lowest BCUT2D eigenvalue weighted by Crippen LogP contribution is -2.46. The van der Waals surface area contributed by atoms with Crippen molar-refractivity contribution < 1.29 is 20.1 Å². The van der Waals surface area contributed by atoms with Crippen LogP contribution >= 0.6 is 0 Å². The maximum atomic E-state index is 12.5. The van der Waals surface area contributed by atoms with E-state index in [1.807, 2.05) is 0 Å². The van der Waals surface area contributed by atoms with Crippen molar-refractivity contribution in [1.82, 2.24) is 5.32 Å². The molecule has 0 rings (SSSR count). The standard InChI is InChI=1S/C52H103NO4/c1-3-5-7-9-11-13-15-16-17-18-19-20-21-22-23-24-25-26-27-28-29-30-31-32-33-34-36-37-39-41-43-45-49(55)47-52(57)53-50(48-54)51(56)46-44-42-40-38-35-14-12-10-8-6-4-2/h22-23,49-51,54-56H,3-21,24-48H2,1-2H3,(H,53,57)/b23-22-. The number of carbonyl (C=O) groups is 1. The molecule has 0 saturated carbocycles. The lowest BCUT2D eigenvalue weighted by Gasteiger charge is -2.23. The summed E-state index contributed by atoms with van der Waals surface area (Å²) in [5.74, 6) is -0.280.